The average molecular weight is 257 g/mol. The quantitative estimate of drug-likeness (QED) is 0.898. The van der Waals surface area contributed by atoms with E-state index in [1.807, 2.05) is 0 Å². The lowest BCUT2D eigenvalue weighted by molar-refractivity contribution is -0.276. The summed E-state index contributed by atoms with van der Waals surface area (Å²) in [7, 11) is 0. The Morgan fingerprint density at radius 1 is 1.28 bits per heavy atom. The molecule has 1 aromatic heterocycles. The second-order valence-corrected chi connectivity index (χ2v) is 3.38. The van der Waals surface area contributed by atoms with Gasteiger partial charge in [0.15, 0.2) is 0 Å². The van der Waals surface area contributed by atoms with Crippen molar-refractivity contribution in [3.8, 4) is 5.88 Å². The van der Waals surface area contributed by atoms with E-state index in [-0.39, 0.29) is 16.5 Å². The fourth-order valence-electron chi connectivity index (χ4n) is 1.50. The number of alkyl halides is 3. The summed E-state index contributed by atoms with van der Waals surface area (Å²) in [6.07, 6.45) is -4.91. The lowest BCUT2D eigenvalue weighted by Crippen LogP contribution is -2.18. The van der Waals surface area contributed by atoms with Crippen LogP contribution >= 0.6 is 0 Å². The highest BCUT2D eigenvalue weighted by molar-refractivity contribution is 6.02. The number of fused-ring (bicyclic) bond motifs is 1. The third kappa shape index (κ3) is 2.50. The predicted molar refractivity (Wildman–Crippen MR) is 55.4 cm³/mol. The second-order valence-electron chi connectivity index (χ2n) is 3.38. The van der Waals surface area contributed by atoms with Crippen LogP contribution in [0.2, 0.25) is 0 Å². The third-order valence-electron chi connectivity index (χ3n) is 2.14. The Hall–Kier alpha value is -2.31. The molecule has 0 saturated heterocycles. The van der Waals surface area contributed by atoms with Crippen LogP contribution in [0, 0.1) is 0 Å². The van der Waals surface area contributed by atoms with Gasteiger partial charge in [-0.3, -0.25) is 0 Å². The molecule has 18 heavy (non-hydrogen) atoms. The Bertz CT molecular complexity index is 610. The highest BCUT2D eigenvalue weighted by Crippen LogP contribution is 2.26. The minimum absolute atomic E-state index is 0.122. The topological polar surface area (TPSA) is 59.4 Å². The molecule has 0 aliphatic carbocycles. The standard InChI is InChI=1S/C11H6F3NO3/c12-11(13,14)18-9-5-7(10(16)17)6-3-1-2-4-8(6)15-9/h1-5H,(H,16,17). The van der Waals surface area contributed by atoms with Crippen LogP contribution in [0.5, 0.6) is 5.88 Å². The summed E-state index contributed by atoms with van der Waals surface area (Å²) in [5.74, 6) is -2.14. The van der Waals surface area contributed by atoms with Crippen LogP contribution in [0.25, 0.3) is 10.9 Å². The molecule has 0 aliphatic rings. The van der Waals surface area contributed by atoms with E-state index >= 15 is 0 Å². The molecular formula is C11H6F3NO3. The van der Waals surface area contributed by atoms with E-state index < -0.39 is 18.2 Å². The van der Waals surface area contributed by atoms with Crippen LogP contribution in [-0.4, -0.2) is 22.4 Å². The summed E-state index contributed by atoms with van der Waals surface area (Å²) in [6.45, 7) is 0. The number of nitrogens with zero attached hydrogens (tertiary/aromatic N) is 1. The minimum Gasteiger partial charge on any atom is -0.478 e. The van der Waals surface area contributed by atoms with Crippen molar-refractivity contribution in [1.29, 1.82) is 0 Å². The second kappa shape index (κ2) is 4.17. The molecule has 0 spiro atoms. The Morgan fingerprint density at radius 2 is 1.94 bits per heavy atom. The normalized spacial score (nSPS) is 11.5. The van der Waals surface area contributed by atoms with E-state index in [2.05, 4.69) is 9.72 Å². The fraction of sp³-hybridized carbons (Fsp3) is 0.0909. The molecule has 0 unspecified atom stereocenters. The van der Waals surface area contributed by atoms with Gasteiger partial charge in [-0.25, -0.2) is 9.78 Å². The number of ether oxygens (including phenoxy) is 1. The van der Waals surface area contributed by atoms with Crippen LogP contribution < -0.4 is 4.74 Å². The van der Waals surface area contributed by atoms with Gasteiger partial charge in [-0.1, -0.05) is 18.2 Å². The summed E-state index contributed by atoms with van der Waals surface area (Å²) < 4.78 is 39.8. The molecule has 0 radical (unpaired) electrons. The maximum Gasteiger partial charge on any atom is 0.574 e. The lowest BCUT2D eigenvalue weighted by atomic mass is 10.1. The van der Waals surface area contributed by atoms with E-state index in [0.29, 0.717) is 0 Å². The van der Waals surface area contributed by atoms with Crippen molar-refractivity contribution in [3.63, 3.8) is 0 Å². The van der Waals surface area contributed by atoms with Gasteiger partial charge >= 0.3 is 12.3 Å². The molecule has 1 aromatic carbocycles. The van der Waals surface area contributed by atoms with Gasteiger partial charge in [0.05, 0.1) is 11.1 Å². The number of carbonyl (C=O) groups is 1. The number of carboxylic acids is 1. The third-order valence-corrected chi connectivity index (χ3v) is 2.14. The molecule has 2 rings (SSSR count). The van der Waals surface area contributed by atoms with Crippen molar-refractivity contribution in [2.24, 2.45) is 0 Å². The maximum absolute atomic E-state index is 12.1. The first kappa shape index (κ1) is 12.2. The van der Waals surface area contributed by atoms with E-state index in [4.69, 9.17) is 5.11 Å². The molecule has 1 heterocycles. The molecule has 94 valence electrons. The molecule has 0 saturated carbocycles. The van der Waals surface area contributed by atoms with Gasteiger partial charge < -0.3 is 9.84 Å². The molecule has 1 N–H and O–H groups in total. The van der Waals surface area contributed by atoms with Crippen molar-refractivity contribution >= 4 is 16.9 Å². The molecule has 0 bridgehead atoms. The molecule has 2 aromatic rings. The van der Waals surface area contributed by atoms with Gasteiger partial charge in [-0.05, 0) is 6.07 Å². The van der Waals surface area contributed by atoms with Crippen LogP contribution in [0.1, 0.15) is 10.4 Å². The number of halogens is 3. The van der Waals surface area contributed by atoms with Crippen LogP contribution in [0.15, 0.2) is 30.3 Å². The number of aromatic nitrogens is 1. The number of hydrogen-bond acceptors (Lipinski definition) is 3. The van der Waals surface area contributed by atoms with Gasteiger partial charge in [0, 0.05) is 11.5 Å². The number of pyridine rings is 1. The summed E-state index contributed by atoms with van der Waals surface area (Å²) in [6, 6.07) is 6.73. The number of rotatable bonds is 2. The van der Waals surface area contributed by atoms with E-state index in [1.54, 1.807) is 12.1 Å². The highest BCUT2D eigenvalue weighted by Gasteiger charge is 2.32. The minimum atomic E-state index is -4.91. The van der Waals surface area contributed by atoms with E-state index in [1.165, 1.54) is 12.1 Å². The molecule has 0 fully saturated rings. The average Bonchev–Trinajstić information content (AvgIpc) is 2.25. The smallest absolute Gasteiger partial charge is 0.478 e. The van der Waals surface area contributed by atoms with Crippen LogP contribution in [0.3, 0.4) is 0 Å². The van der Waals surface area contributed by atoms with Gasteiger partial charge in [0.1, 0.15) is 0 Å². The molecule has 7 heteroatoms. The summed E-state index contributed by atoms with van der Waals surface area (Å²) in [5, 5.41) is 9.19. The Morgan fingerprint density at radius 3 is 2.56 bits per heavy atom. The van der Waals surface area contributed by atoms with Crippen molar-refractivity contribution < 1.29 is 27.8 Å². The fourth-order valence-corrected chi connectivity index (χ4v) is 1.50. The van der Waals surface area contributed by atoms with Gasteiger partial charge in [-0.15, -0.1) is 13.2 Å². The van der Waals surface area contributed by atoms with Crippen molar-refractivity contribution in [1.82, 2.24) is 4.98 Å². The molecule has 0 atom stereocenters. The largest absolute Gasteiger partial charge is 0.574 e. The number of carboxylic acid groups (broad SMARTS) is 1. The first-order chi connectivity index (χ1) is 8.37. The summed E-state index contributed by atoms with van der Waals surface area (Å²) in [5.41, 5.74) is -0.170. The Kier molecular flexibility index (Phi) is 2.82. The molecule has 4 nitrogen and oxygen atoms in total. The predicted octanol–water partition coefficient (Wildman–Crippen LogP) is 2.83. The zero-order valence-corrected chi connectivity index (χ0v) is 8.73. The SMILES string of the molecule is O=C(O)c1cc(OC(F)(F)F)nc2ccccc12. The molecule has 0 amide bonds. The number of benzene rings is 1. The monoisotopic (exact) mass is 257 g/mol. The highest BCUT2D eigenvalue weighted by atomic mass is 19.4. The molecule has 0 aliphatic heterocycles. The van der Waals surface area contributed by atoms with Gasteiger partial charge in [0.2, 0.25) is 5.88 Å². The maximum atomic E-state index is 12.1. The Labute approximate surface area is 98.6 Å². The van der Waals surface area contributed by atoms with E-state index in [9.17, 15) is 18.0 Å². The van der Waals surface area contributed by atoms with Gasteiger partial charge in [-0.2, -0.15) is 0 Å². The molecular weight excluding hydrogens is 251 g/mol. The number of para-hydroxylation sites is 1. The van der Waals surface area contributed by atoms with Gasteiger partial charge in [0.25, 0.3) is 0 Å². The first-order valence-corrected chi connectivity index (χ1v) is 4.75. The Balaban J connectivity index is 2.61. The van der Waals surface area contributed by atoms with E-state index in [0.717, 1.165) is 6.07 Å². The van der Waals surface area contributed by atoms with Crippen molar-refractivity contribution in [3.05, 3.63) is 35.9 Å². The number of aromatic carboxylic acids is 1. The number of hydrogen-bond donors (Lipinski definition) is 1. The van der Waals surface area contributed by atoms with Crippen LogP contribution in [-0.2, 0) is 0 Å². The lowest BCUT2D eigenvalue weighted by Gasteiger charge is -2.10. The van der Waals surface area contributed by atoms with Crippen molar-refractivity contribution in [2.45, 2.75) is 6.36 Å². The summed E-state index contributed by atoms with van der Waals surface area (Å²) in [4.78, 5) is 14.6. The zero-order valence-electron chi connectivity index (χ0n) is 8.73. The van der Waals surface area contributed by atoms with Crippen molar-refractivity contribution in [2.75, 3.05) is 0 Å². The first-order valence-electron chi connectivity index (χ1n) is 4.75. The van der Waals surface area contributed by atoms with Crippen LogP contribution in [0.4, 0.5) is 13.2 Å². The zero-order chi connectivity index (χ0) is 13.3. The summed E-state index contributed by atoms with van der Waals surface area (Å²) >= 11 is 0.